The van der Waals surface area contributed by atoms with Gasteiger partial charge in [0.25, 0.3) is 0 Å². The van der Waals surface area contributed by atoms with E-state index in [1.807, 2.05) is 6.92 Å². The monoisotopic (exact) mass is 214 g/mol. The quantitative estimate of drug-likeness (QED) is 0.764. The van der Waals surface area contributed by atoms with Gasteiger partial charge < -0.3 is 5.32 Å². The summed E-state index contributed by atoms with van der Waals surface area (Å²) in [5.41, 5.74) is 1.04. The van der Waals surface area contributed by atoms with Crippen molar-refractivity contribution in [1.29, 1.82) is 0 Å². The van der Waals surface area contributed by atoms with Crippen LogP contribution in [0.25, 0.3) is 0 Å². The Morgan fingerprint density at radius 1 is 1.29 bits per heavy atom. The largest absolute Gasteiger partial charge is 0.313 e. The minimum Gasteiger partial charge on any atom is -0.313 e. The average molecular weight is 214 g/mol. The summed E-state index contributed by atoms with van der Waals surface area (Å²) in [4.78, 5) is 0.151. The summed E-state index contributed by atoms with van der Waals surface area (Å²) in [5.74, 6) is 0. The van der Waals surface area contributed by atoms with E-state index in [2.05, 4.69) is 5.32 Å². The Labute approximate surface area is 84.2 Å². The van der Waals surface area contributed by atoms with Crippen molar-refractivity contribution in [2.45, 2.75) is 18.4 Å². The van der Waals surface area contributed by atoms with Crippen LogP contribution in [0, 0.1) is 0 Å². The number of primary sulfonamides is 1. The lowest BCUT2D eigenvalue weighted by Crippen LogP contribution is -2.13. The van der Waals surface area contributed by atoms with Crippen LogP contribution in [-0.2, 0) is 16.6 Å². The predicted octanol–water partition coefficient (Wildman–Crippen LogP) is 0.444. The Morgan fingerprint density at radius 2 is 1.86 bits per heavy atom. The van der Waals surface area contributed by atoms with Gasteiger partial charge in [-0.15, -0.1) is 0 Å². The molecule has 0 spiro atoms. The van der Waals surface area contributed by atoms with Crippen LogP contribution in [0.15, 0.2) is 29.2 Å². The molecule has 0 saturated carbocycles. The number of hydrogen-bond acceptors (Lipinski definition) is 3. The second-order valence-electron chi connectivity index (χ2n) is 2.97. The molecular weight excluding hydrogens is 200 g/mol. The summed E-state index contributed by atoms with van der Waals surface area (Å²) in [6.07, 6.45) is 0. The molecule has 0 atom stereocenters. The van der Waals surface area contributed by atoms with Crippen LogP contribution >= 0.6 is 0 Å². The van der Waals surface area contributed by atoms with Crippen molar-refractivity contribution < 1.29 is 8.42 Å². The van der Waals surface area contributed by atoms with Gasteiger partial charge in [0.2, 0.25) is 10.0 Å². The van der Waals surface area contributed by atoms with Gasteiger partial charge in [0.05, 0.1) is 4.90 Å². The van der Waals surface area contributed by atoms with Crippen LogP contribution < -0.4 is 10.5 Å². The second-order valence-corrected chi connectivity index (χ2v) is 4.53. The summed E-state index contributed by atoms with van der Waals surface area (Å²) in [5, 5.41) is 8.11. The number of sulfonamides is 1. The molecular formula is C9H14N2O2S. The number of benzene rings is 1. The third kappa shape index (κ3) is 3.10. The fourth-order valence-electron chi connectivity index (χ4n) is 1.07. The zero-order valence-electron chi connectivity index (χ0n) is 8.03. The van der Waals surface area contributed by atoms with Gasteiger partial charge in [-0.1, -0.05) is 19.1 Å². The summed E-state index contributed by atoms with van der Waals surface area (Å²) in [6, 6.07) is 6.54. The van der Waals surface area contributed by atoms with Crippen molar-refractivity contribution in [1.82, 2.24) is 5.32 Å². The first kappa shape index (κ1) is 11.2. The molecule has 78 valence electrons. The molecule has 0 saturated heterocycles. The van der Waals surface area contributed by atoms with Crippen molar-refractivity contribution in [3.8, 4) is 0 Å². The SMILES string of the molecule is CCNCc1ccc(S(N)(=O)=O)cc1. The molecule has 3 N–H and O–H groups in total. The highest BCUT2D eigenvalue weighted by atomic mass is 32.2. The maximum Gasteiger partial charge on any atom is 0.238 e. The Bertz CT molecular complexity index is 384. The fraction of sp³-hybridized carbons (Fsp3) is 0.333. The van der Waals surface area contributed by atoms with E-state index in [1.165, 1.54) is 12.1 Å². The van der Waals surface area contributed by atoms with Gasteiger partial charge >= 0.3 is 0 Å². The summed E-state index contributed by atoms with van der Waals surface area (Å²) < 4.78 is 21.8. The first-order valence-electron chi connectivity index (χ1n) is 4.36. The van der Waals surface area contributed by atoms with E-state index in [4.69, 9.17) is 5.14 Å². The molecule has 0 bridgehead atoms. The van der Waals surface area contributed by atoms with Gasteiger partial charge in [-0.3, -0.25) is 0 Å². The summed E-state index contributed by atoms with van der Waals surface area (Å²) in [7, 11) is -3.56. The highest BCUT2D eigenvalue weighted by Gasteiger charge is 2.05. The van der Waals surface area contributed by atoms with E-state index in [9.17, 15) is 8.42 Å². The van der Waals surface area contributed by atoms with Crippen LogP contribution in [0.2, 0.25) is 0 Å². The standard InChI is InChI=1S/C9H14N2O2S/c1-2-11-7-8-3-5-9(6-4-8)14(10,12)13/h3-6,11H,2,7H2,1H3,(H2,10,12,13). The van der Waals surface area contributed by atoms with Crippen molar-refractivity contribution in [3.63, 3.8) is 0 Å². The molecule has 0 aliphatic carbocycles. The molecule has 4 nitrogen and oxygen atoms in total. The molecule has 0 fully saturated rings. The minimum atomic E-state index is -3.56. The lowest BCUT2D eigenvalue weighted by molar-refractivity contribution is 0.597. The van der Waals surface area contributed by atoms with E-state index in [0.29, 0.717) is 0 Å². The molecule has 0 aliphatic rings. The third-order valence-electron chi connectivity index (χ3n) is 1.83. The van der Waals surface area contributed by atoms with E-state index in [0.717, 1.165) is 18.7 Å². The van der Waals surface area contributed by atoms with Gasteiger partial charge in [0.1, 0.15) is 0 Å². The molecule has 0 radical (unpaired) electrons. The smallest absolute Gasteiger partial charge is 0.238 e. The summed E-state index contributed by atoms with van der Waals surface area (Å²) in [6.45, 7) is 3.64. The predicted molar refractivity (Wildman–Crippen MR) is 55.2 cm³/mol. The lowest BCUT2D eigenvalue weighted by Gasteiger charge is -2.02. The minimum absolute atomic E-state index is 0.151. The summed E-state index contributed by atoms with van der Waals surface area (Å²) >= 11 is 0. The van der Waals surface area contributed by atoms with Gasteiger partial charge in [0, 0.05) is 6.54 Å². The molecule has 0 heterocycles. The van der Waals surface area contributed by atoms with Crippen LogP contribution in [0.5, 0.6) is 0 Å². The van der Waals surface area contributed by atoms with Crippen molar-refractivity contribution in [2.75, 3.05) is 6.54 Å². The van der Waals surface area contributed by atoms with Crippen LogP contribution in [-0.4, -0.2) is 15.0 Å². The molecule has 0 amide bonds. The molecule has 0 unspecified atom stereocenters. The Morgan fingerprint density at radius 3 is 2.29 bits per heavy atom. The van der Waals surface area contributed by atoms with Gasteiger partial charge in [-0.25, -0.2) is 13.6 Å². The Balaban J connectivity index is 2.79. The normalized spacial score (nSPS) is 11.6. The zero-order valence-corrected chi connectivity index (χ0v) is 8.84. The number of rotatable bonds is 4. The first-order chi connectivity index (χ1) is 6.54. The van der Waals surface area contributed by atoms with Gasteiger partial charge in [-0.2, -0.15) is 0 Å². The molecule has 1 rings (SSSR count). The fourth-order valence-corrected chi connectivity index (χ4v) is 1.58. The maximum atomic E-state index is 10.9. The molecule has 0 aliphatic heterocycles. The molecule has 1 aromatic carbocycles. The number of nitrogens with one attached hydrogen (secondary N) is 1. The number of nitrogens with two attached hydrogens (primary N) is 1. The highest BCUT2D eigenvalue weighted by molar-refractivity contribution is 7.89. The van der Waals surface area contributed by atoms with Crippen molar-refractivity contribution in [2.24, 2.45) is 5.14 Å². The second kappa shape index (κ2) is 4.54. The average Bonchev–Trinajstić information content (AvgIpc) is 2.14. The Kier molecular flexibility index (Phi) is 3.62. The van der Waals surface area contributed by atoms with Gasteiger partial charge in [-0.05, 0) is 24.2 Å². The van der Waals surface area contributed by atoms with Gasteiger partial charge in [0.15, 0.2) is 0 Å². The van der Waals surface area contributed by atoms with Crippen LogP contribution in [0.1, 0.15) is 12.5 Å². The lowest BCUT2D eigenvalue weighted by atomic mass is 10.2. The third-order valence-corrected chi connectivity index (χ3v) is 2.76. The molecule has 5 heteroatoms. The van der Waals surface area contributed by atoms with Crippen LogP contribution in [0.3, 0.4) is 0 Å². The molecule has 14 heavy (non-hydrogen) atoms. The molecule has 1 aromatic rings. The van der Waals surface area contributed by atoms with E-state index in [-0.39, 0.29) is 4.90 Å². The van der Waals surface area contributed by atoms with E-state index in [1.54, 1.807) is 12.1 Å². The highest BCUT2D eigenvalue weighted by Crippen LogP contribution is 2.08. The van der Waals surface area contributed by atoms with Crippen molar-refractivity contribution >= 4 is 10.0 Å². The first-order valence-corrected chi connectivity index (χ1v) is 5.91. The molecule has 0 aromatic heterocycles. The zero-order chi connectivity index (χ0) is 10.6. The van der Waals surface area contributed by atoms with Crippen molar-refractivity contribution in [3.05, 3.63) is 29.8 Å². The van der Waals surface area contributed by atoms with E-state index < -0.39 is 10.0 Å². The topological polar surface area (TPSA) is 72.2 Å². The van der Waals surface area contributed by atoms with E-state index >= 15 is 0 Å². The Hall–Kier alpha value is -0.910. The maximum absolute atomic E-state index is 10.9. The van der Waals surface area contributed by atoms with Crippen LogP contribution in [0.4, 0.5) is 0 Å². The number of hydrogen-bond donors (Lipinski definition) is 2.